The first-order chi connectivity index (χ1) is 15.4. The van der Waals surface area contributed by atoms with Crippen molar-refractivity contribution in [1.82, 2.24) is 9.55 Å². The van der Waals surface area contributed by atoms with Gasteiger partial charge in [0.1, 0.15) is 5.69 Å². The van der Waals surface area contributed by atoms with Gasteiger partial charge in [-0.05, 0) is 36.1 Å². The van der Waals surface area contributed by atoms with Crippen molar-refractivity contribution in [2.75, 3.05) is 22.3 Å². The predicted molar refractivity (Wildman–Crippen MR) is 125 cm³/mol. The van der Waals surface area contributed by atoms with E-state index in [1.807, 2.05) is 30.3 Å². The van der Waals surface area contributed by atoms with E-state index in [2.05, 4.69) is 4.90 Å². The quantitative estimate of drug-likeness (QED) is 0.577. The van der Waals surface area contributed by atoms with Gasteiger partial charge in [-0.2, -0.15) is 4.98 Å². The maximum Gasteiger partial charge on any atom is 0.251 e. The van der Waals surface area contributed by atoms with Gasteiger partial charge < -0.3 is 9.47 Å². The molecule has 0 aliphatic carbocycles. The molecule has 166 valence electrons. The van der Waals surface area contributed by atoms with Crippen molar-refractivity contribution in [3.8, 4) is 0 Å². The van der Waals surface area contributed by atoms with E-state index < -0.39 is 21.1 Å². The zero-order valence-corrected chi connectivity index (χ0v) is 19.2. The molecule has 0 bridgehead atoms. The summed E-state index contributed by atoms with van der Waals surface area (Å²) in [6.45, 7) is 1.78. The molecule has 1 fully saturated rings. The lowest BCUT2D eigenvalue weighted by atomic mass is 10.1. The second kappa shape index (κ2) is 7.94. The molecule has 2 aliphatic heterocycles. The van der Waals surface area contributed by atoms with Crippen LogP contribution < -0.4 is 9.21 Å². The van der Waals surface area contributed by atoms with Gasteiger partial charge in [0.25, 0.3) is 10.0 Å². The lowest BCUT2D eigenvalue weighted by molar-refractivity contribution is 0.0977. The maximum atomic E-state index is 13.8. The molecular weight excluding hydrogens is 448 g/mol. The fourth-order valence-electron chi connectivity index (χ4n) is 4.50. The van der Waals surface area contributed by atoms with Gasteiger partial charge in [0.05, 0.1) is 6.54 Å². The van der Waals surface area contributed by atoms with E-state index in [9.17, 15) is 13.2 Å². The van der Waals surface area contributed by atoms with Gasteiger partial charge in [0, 0.05) is 25.2 Å². The van der Waals surface area contributed by atoms with E-state index >= 15 is 0 Å². The van der Waals surface area contributed by atoms with E-state index in [4.69, 9.17) is 16.6 Å². The monoisotopic (exact) mass is 470 g/mol. The van der Waals surface area contributed by atoms with E-state index in [-0.39, 0.29) is 12.4 Å². The number of fused-ring (bicyclic) bond motifs is 1. The topological polar surface area (TPSA) is 75.5 Å². The number of hydrogen-bond donors (Lipinski definition) is 0. The van der Waals surface area contributed by atoms with Crippen LogP contribution in [0.2, 0.25) is 5.02 Å². The molecule has 1 atom stereocenters. The van der Waals surface area contributed by atoms with Crippen LogP contribution in [0.3, 0.4) is 0 Å². The van der Waals surface area contributed by atoms with Gasteiger partial charge in [0.15, 0.2) is 11.1 Å². The lowest BCUT2D eigenvalue weighted by Gasteiger charge is -2.32. The first-order valence-corrected chi connectivity index (χ1v) is 12.4. The van der Waals surface area contributed by atoms with Crippen molar-refractivity contribution >= 4 is 39.2 Å². The molecule has 3 heterocycles. The molecule has 32 heavy (non-hydrogen) atoms. The Balaban J connectivity index is 1.69. The molecule has 1 saturated heterocycles. The van der Waals surface area contributed by atoms with Gasteiger partial charge in [-0.3, -0.25) is 4.79 Å². The Bertz CT molecular complexity index is 1270. The first-order valence-electron chi connectivity index (χ1n) is 10.5. The fraction of sp³-hybridized carbons (Fsp3) is 0.304. The number of Topliss-reactive ketones (excluding diaryl/α,β-unsaturated/α-hetero) is 1. The predicted octanol–water partition coefficient (Wildman–Crippen LogP) is 3.95. The number of carbonyl (C=O) groups excluding carboxylic acids is 1. The highest BCUT2D eigenvalue weighted by atomic mass is 35.5. The number of carbonyl (C=O) groups is 1. The van der Waals surface area contributed by atoms with E-state index in [0.29, 0.717) is 22.2 Å². The van der Waals surface area contributed by atoms with Gasteiger partial charge in [-0.25, -0.2) is 12.7 Å². The second-order valence-electron chi connectivity index (χ2n) is 8.17. The Hall–Kier alpha value is -2.84. The van der Waals surface area contributed by atoms with Crippen molar-refractivity contribution in [2.45, 2.75) is 24.6 Å². The zero-order chi connectivity index (χ0) is 22.5. The van der Waals surface area contributed by atoms with Crippen LogP contribution in [-0.2, 0) is 23.6 Å². The number of halogens is 1. The van der Waals surface area contributed by atoms with Crippen molar-refractivity contribution in [2.24, 2.45) is 7.05 Å². The minimum absolute atomic E-state index is 0.101. The fourth-order valence-corrected chi connectivity index (χ4v) is 6.47. The number of aromatic nitrogens is 2. The van der Waals surface area contributed by atoms with Gasteiger partial charge in [0.2, 0.25) is 11.7 Å². The molecule has 0 radical (unpaired) electrons. The Kier molecular flexibility index (Phi) is 5.22. The second-order valence-corrected chi connectivity index (χ2v) is 10.5. The molecule has 7 nitrogen and oxygen atoms in total. The third-order valence-corrected chi connectivity index (χ3v) is 8.35. The highest BCUT2D eigenvalue weighted by molar-refractivity contribution is 7.93. The molecule has 3 aromatic rings. The standard InChI is InChI=1S/C23H23ClN4O3S/c1-26-19-20(29)21(17-9-11-18(24)12-10-17)32(30,31)28(15-16-7-3-2-4-8-16)22(19)25-23(26)27-13-5-6-14-27/h2-4,7-12,21H,5-6,13-15H2,1H3. The Morgan fingerprint density at radius 2 is 1.69 bits per heavy atom. The molecule has 2 aliphatic rings. The number of nitrogens with zero attached hydrogens (tertiary/aromatic N) is 4. The minimum Gasteiger partial charge on any atom is -0.342 e. The summed E-state index contributed by atoms with van der Waals surface area (Å²) in [5.74, 6) is 0.367. The SMILES string of the molecule is Cn1c(N2CCCC2)nc2c1C(=O)C(c1ccc(Cl)cc1)S(=O)(=O)N2Cc1ccccc1. The lowest BCUT2D eigenvalue weighted by Crippen LogP contribution is -2.43. The summed E-state index contributed by atoms with van der Waals surface area (Å²) in [5, 5.41) is -0.870. The van der Waals surface area contributed by atoms with E-state index in [0.717, 1.165) is 31.5 Å². The molecule has 1 aromatic heterocycles. The molecule has 5 rings (SSSR count). The number of benzene rings is 2. The van der Waals surface area contributed by atoms with Crippen molar-refractivity contribution in [1.29, 1.82) is 0 Å². The van der Waals surface area contributed by atoms with E-state index in [1.54, 1.807) is 35.9 Å². The highest BCUT2D eigenvalue weighted by Crippen LogP contribution is 2.42. The smallest absolute Gasteiger partial charge is 0.251 e. The summed E-state index contributed by atoms with van der Waals surface area (Å²) in [6, 6.07) is 15.8. The minimum atomic E-state index is -4.07. The normalized spacial score (nSPS) is 19.9. The molecule has 1 unspecified atom stereocenters. The highest BCUT2D eigenvalue weighted by Gasteiger charge is 2.49. The summed E-state index contributed by atoms with van der Waals surface area (Å²) in [5.41, 5.74) is 1.53. The Morgan fingerprint density at radius 3 is 2.34 bits per heavy atom. The number of ketones is 1. The largest absolute Gasteiger partial charge is 0.342 e. The molecule has 0 spiro atoms. The van der Waals surface area contributed by atoms with Gasteiger partial charge in [-0.15, -0.1) is 0 Å². The van der Waals surface area contributed by atoms with Gasteiger partial charge in [-0.1, -0.05) is 54.1 Å². The molecule has 2 aromatic carbocycles. The van der Waals surface area contributed by atoms with Crippen molar-refractivity contribution in [3.63, 3.8) is 0 Å². The number of hydrogen-bond acceptors (Lipinski definition) is 5. The molecular formula is C23H23ClN4O3S. The summed E-state index contributed by atoms with van der Waals surface area (Å²) in [4.78, 5) is 20.4. The van der Waals surface area contributed by atoms with Crippen LogP contribution in [0, 0.1) is 0 Å². The molecule has 9 heteroatoms. The van der Waals surface area contributed by atoms with Crippen LogP contribution >= 0.6 is 11.6 Å². The van der Waals surface area contributed by atoms with Crippen molar-refractivity contribution in [3.05, 3.63) is 76.4 Å². The van der Waals surface area contributed by atoms with Crippen LogP contribution in [0.5, 0.6) is 0 Å². The first kappa shape index (κ1) is 21.0. The van der Waals surface area contributed by atoms with E-state index in [1.165, 1.54) is 4.31 Å². The number of sulfonamides is 1. The van der Waals surface area contributed by atoms with Gasteiger partial charge >= 0.3 is 0 Å². The summed E-state index contributed by atoms with van der Waals surface area (Å²) in [6.07, 6.45) is 2.09. The summed E-state index contributed by atoms with van der Waals surface area (Å²) >= 11 is 6.01. The third-order valence-electron chi connectivity index (χ3n) is 6.10. The van der Waals surface area contributed by atoms with Crippen LogP contribution in [-0.4, -0.2) is 36.8 Å². The zero-order valence-electron chi connectivity index (χ0n) is 17.6. The van der Waals surface area contributed by atoms with Crippen LogP contribution in [0.25, 0.3) is 0 Å². The Morgan fingerprint density at radius 1 is 1.03 bits per heavy atom. The summed E-state index contributed by atoms with van der Waals surface area (Å²) in [7, 11) is -2.28. The summed E-state index contributed by atoms with van der Waals surface area (Å²) < 4.78 is 30.7. The number of anilines is 2. The van der Waals surface area contributed by atoms with Crippen LogP contribution in [0.4, 0.5) is 11.8 Å². The average Bonchev–Trinajstić information content (AvgIpc) is 3.41. The third kappa shape index (κ3) is 3.38. The maximum absolute atomic E-state index is 13.8. The van der Waals surface area contributed by atoms with Crippen LogP contribution in [0.15, 0.2) is 54.6 Å². The Labute approximate surface area is 192 Å². The molecule has 0 saturated carbocycles. The van der Waals surface area contributed by atoms with Crippen LogP contribution in [0.1, 0.15) is 39.7 Å². The average molecular weight is 471 g/mol. The number of rotatable bonds is 4. The molecule has 0 amide bonds. The molecule has 0 N–H and O–H groups in total. The van der Waals surface area contributed by atoms with Crippen molar-refractivity contribution < 1.29 is 13.2 Å². The number of imidazole rings is 1.